The normalized spacial score (nSPS) is 20.5. The lowest BCUT2D eigenvalue weighted by molar-refractivity contribution is 0.00520. The van der Waals surface area contributed by atoms with Crippen molar-refractivity contribution in [3.63, 3.8) is 0 Å². The van der Waals surface area contributed by atoms with E-state index in [1.165, 1.54) is 6.33 Å². The molecule has 1 aliphatic carbocycles. The maximum atomic E-state index is 6.43. The summed E-state index contributed by atoms with van der Waals surface area (Å²) in [7, 11) is 0. The van der Waals surface area contributed by atoms with Crippen molar-refractivity contribution in [2.45, 2.75) is 37.8 Å². The monoisotopic (exact) mass is 543 g/mol. The molecule has 0 atom stereocenters. The van der Waals surface area contributed by atoms with Gasteiger partial charge < -0.3 is 15.8 Å². The molecule has 1 aliphatic heterocycles. The second-order valence-electron chi connectivity index (χ2n) is 10.3. The number of para-hydroxylation sites is 1. The zero-order chi connectivity index (χ0) is 26.3. The molecule has 1 saturated heterocycles. The number of halogens is 1. The largest absolute Gasteiger partial charge is 0.383 e. The maximum Gasteiger partial charge on any atom is 0.164 e. The zero-order valence-corrected chi connectivity index (χ0v) is 22.2. The van der Waals surface area contributed by atoms with Crippen LogP contribution in [0.1, 0.15) is 31.7 Å². The number of hydrogen-bond acceptors (Lipinski definition) is 8. The molecule has 2 aromatic carbocycles. The average Bonchev–Trinajstić information content (AvgIpc) is 3.57. The van der Waals surface area contributed by atoms with Crippen LogP contribution in [-0.2, 0) is 4.74 Å². The minimum absolute atomic E-state index is 0.267. The Hall–Kier alpha value is -3.73. The number of anilines is 3. The Labute approximate surface area is 230 Å². The van der Waals surface area contributed by atoms with E-state index in [0.29, 0.717) is 22.7 Å². The third-order valence-electron chi connectivity index (χ3n) is 8.06. The Kier molecular flexibility index (Phi) is 6.30. The summed E-state index contributed by atoms with van der Waals surface area (Å²) in [6.45, 7) is 3.72. The molecule has 5 aromatic rings. The van der Waals surface area contributed by atoms with Crippen LogP contribution in [0.2, 0.25) is 5.02 Å². The second-order valence-corrected chi connectivity index (χ2v) is 10.7. The van der Waals surface area contributed by atoms with Crippen LogP contribution in [0, 0.1) is 0 Å². The van der Waals surface area contributed by atoms with Gasteiger partial charge in [0.05, 0.1) is 40.9 Å². The van der Waals surface area contributed by atoms with Crippen LogP contribution in [0.15, 0.2) is 48.8 Å². The van der Waals surface area contributed by atoms with Gasteiger partial charge in [-0.25, -0.2) is 14.6 Å². The van der Waals surface area contributed by atoms with E-state index in [4.69, 9.17) is 27.2 Å². The van der Waals surface area contributed by atoms with E-state index < -0.39 is 0 Å². The highest BCUT2D eigenvalue weighted by atomic mass is 35.5. The Morgan fingerprint density at radius 3 is 2.62 bits per heavy atom. The molecule has 10 nitrogen and oxygen atoms in total. The van der Waals surface area contributed by atoms with E-state index in [1.54, 1.807) is 0 Å². The van der Waals surface area contributed by atoms with Crippen LogP contribution >= 0.6 is 11.6 Å². The molecular weight excluding hydrogens is 514 g/mol. The summed E-state index contributed by atoms with van der Waals surface area (Å²) in [5.41, 5.74) is 10.6. The van der Waals surface area contributed by atoms with Gasteiger partial charge in [0.2, 0.25) is 0 Å². The van der Waals surface area contributed by atoms with E-state index >= 15 is 0 Å². The van der Waals surface area contributed by atoms with Crippen molar-refractivity contribution >= 4 is 50.9 Å². The summed E-state index contributed by atoms with van der Waals surface area (Å²) in [6.07, 6.45) is 5.91. The SMILES string of the molecule is Nc1ncnc2c1c(-c1ccc3[nH]nc(Nc4ccccc4Cl)c3c1)nn2C1CCC(N2CCOCC2)CC1. The third-order valence-corrected chi connectivity index (χ3v) is 8.39. The number of nitrogens with two attached hydrogens (primary N) is 1. The smallest absolute Gasteiger partial charge is 0.164 e. The van der Waals surface area contributed by atoms with Crippen molar-refractivity contribution in [3.8, 4) is 11.3 Å². The van der Waals surface area contributed by atoms with Gasteiger partial charge in [0, 0.05) is 30.1 Å². The van der Waals surface area contributed by atoms with E-state index in [9.17, 15) is 0 Å². The van der Waals surface area contributed by atoms with Crippen LogP contribution in [-0.4, -0.2) is 67.2 Å². The average molecular weight is 544 g/mol. The number of H-pyrrole nitrogens is 1. The molecule has 4 N–H and O–H groups in total. The predicted octanol–water partition coefficient (Wildman–Crippen LogP) is 5.16. The number of fused-ring (bicyclic) bond motifs is 2. The molecule has 3 aromatic heterocycles. The molecule has 0 radical (unpaired) electrons. The number of rotatable bonds is 5. The van der Waals surface area contributed by atoms with Gasteiger partial charge in [0.1, 0.15) is 17.8 Å². The molecule has 2 aliphatic rings. The molecule has 0 spiro atoms. The van der Waals surface area contributed by atoms with Gasteiger partial charge in [0.25, 0.3) is 0 Å². The molecule has 0 amide bonds. The van der Waals surface area contributed by atoms with Gasteiger partial charge in [-0.05, 0) is 49.9 Å². The van der Waals surface area contributed by atoms with E-state index in [1.807, 2.05) is 36.4 Å². The highest BCUT2D eigenvalue weighted by molar-refractivity contribution is 6.33. The summed E-state index contributed by atoms with van der Waals surface area (Å²) in [6, 6.07) is 14.6. The number of morpholine rings is 1. The molecule has 7 rings (SSSR count). The number of aromatic amines is 1. The quantitative estimate of drug-likeness (QED) is 0.277. The highest BCUT2D eigenvalue weighted by Gasteiger charge is 2.30. The summed E-state index contributed by atoms with van der Waals surface area (Å²) in [4.78, 5) is 11.5. The summed E-state index contributed by atoms with van der Waals surface area (Å²) >= 11 is 6.38. The van der Waals surface area contributed by atoms with Crippen molar-refractivity contribution in [3.05, 3.63) is 53.8 Å². The number of nitrogens with one attached hydrogen (secondary N) is 2. The number of ether oxygens (including phenoxy) is 1. The van der Waals surface area contributed by atoms with Gasteiger partial charge in [-0.15, -0.1) is 0 Å². The lowest BCUT2D eigenvalue weighted by Gasteiger charge is -2.38. The predicted molar refractivity (Wildman–Crippen MR) is 153 cm³/mol. The van der Waals surface area contributed by atoms with Crippen LogP contribution in [0.5, 0.6) is 0 Å². The Morgan fingerprint density at radius 2 is 1.79 bits per heavy atom. The second kappa shape index (κ2) is 10.1. The molecule has 39 heavy (non-hydrogen) atoms. The standard InChI is InChI=1S/C28H30ClN9O/c29-21-3-1-2-4-23(21)33-27-20-15-17(5-10-22(20)34-35-27)25-24-26(30)31-16-32-28(24)38(36-25)19-8-6-18(7-9-19)37-11-13-39-14-12-37/h1-5,10,15-16,18-19H,6-9,11-14H2,(H2,30,31,32)(H2,33,34,35). The third kappa shape index (κ3) is 4.48. The Bertz CT molecular complexity index is 1630. The number of benzene rings is 2. The maximum absolute atomic E-state index is 6.43. The van der Waals surface area contributed by atoms with Crippen molar-refractivity contribution in [2.75, 3.05) is 37.4 Å². The number of aromatic nitrogens is 6. The molecule has 2 fully saturated rings. The fourth-order valence-electron chi connectivity index (χ4n) is 6.01. The van der Waals surface area contributed by atoms with Crippen LogP contribution in [0.3, 0.4) is 0 Å². The zero-order valence-electron chi connectivity index (χ0n) is 21.5. The topological polar surface area (TPSA) is 123 Å². The van der Waals surface area contributed by atoms with Crippen LogP contribution in [0.4, 0.5) is 17.3 Å². The van der Waals surface area contributed by atoms with Crippen molar-refractivity contribution in [1.29, 1.82) is 0 Å². The lowest BCUT2D eigenvalue weighted by Crippen LogP contribution is -2.45. The van der Waals surface area contributed by atoms with E-state index in [2.05, 4.69) is 41.1 Å². The lowest BCUT2D eigenvalue weighted by atomic mass is 9.90. The van der Waals surface area contributed by atoms with Crippen molar-refractivity contribution in [1.82, 2.24) is 34.8 Å². The number of nitrogens with zero attached hydrogens (tertiary/aromatic N) is 6. The summed E-state index contributed by atoms with van der Waals surface area (Å²) < 4.78 is 7.64. The van der Waals surface area contributed by atoms with E-state index in [-0.39, 0.29) is 6.04 Å². The molecule has 4 heterocycles. The molecular formula is C28H30ClN9O. The molecule has 0 bridgehead atoms. The number of hydrogen-bond donors (Lipinski definition) is 3. The van der Waals surface area contributed by atoms with Crippen molar-refractivity contribution in [2.24, 2.45) is 0 Å². The Balaban J connectivity index is 1.23. The van der Waals surface area contributed by atoms with Gasteiger partial charge in [-0.3, -0.25) is 10.00 Å². The van der Waals surface area contributed by atoms with Crippen molar-refractivity contribution < 1.29 is 4.74 Å². The first-order chi connectivity index (χ1) is 19.2. The fraction of sp³-hybridized carbons (Fsp3) is 0.357. The van der Waals surface area contributed by atoms with Gasteiger partial charge in [0.15, 0.2) is 11.5 Å². The minimum Gasteiger partial charge on any atom is -0.383 e. The summed E-state index contributed by atoms with van der Waals surface area (Å²) in [5.74, 6) is 1.12. The van der Waals surface area contributed by atoms with Crippen LogP contribution in [0.25, 0.3) is 33.2 Å². The van der Waals surface area contributed by atoms with Gasteiger partial charge >= 0.3 is 0 Å². The fourth-order valence-corrected chi connectivity index (χ4v) is 6.19. The first kappa shape index (κ1) is 24.3. The molecule has 11 heteroatoms. The highest BCUT2D eigenvalue weighted by Crippen LogP contribution is 2.38. The van der Waals surface area contributed by atoms with E-state index in [0.717, 1.165) is 90.9 Å². The van der Waals surface area contributed by atoms with Gasteiger partial charge in [-0.1, -0.05) is 29.8 Å². The molecule has 1 saturated carbocycles. The first-order valence-corrected chi connectivity index (χ1v) is 13.8. The molecule has 0 unspecified atom stereocenters. The number of nitrogen functional groups attached to an aromatic ring is 1. The minimum atomic E-state index is 0.267. The van der Waals surface area contributed by atoms with Gasteiger partial charge in [-0.2, -0.15) is 10.2 Å². The van der Waals surface area contributed by atoms with Crippen LogP contribution < -0.4 is 11.1 Å². The first-order valence-electron chi connectivity index (χ1n) is 13.5. The summed E-state index contributed by atoms with van der Waals surface area (Å²) in [5, 5.41) is 18.4. The molecule has 200 valence electrons. The Morgan fingerprint density at radius 1 is 1.00 bits per heavy atom.